The number of rotatable bonds is 6. The molecule has 2 aliphatic heterocycles. The Balaban J connectivity index is 1.41. The van der Waals surface area contributed by atoms with Crippen molar-refractivity contribution in [2.75, 3.05) is 19.6 Å². The monoisotopic (exact) mass is 411 g/mol. The van der Waals surface area contributed by atoms with Gasteiger partial charge in [0.1, 0.15) is 18.2 Å². The molecule has 30 heavy (non-hydrogen) atoms. The van der Waals surface area contributed by atoms with Crippen LogP contribution < -0.4 is 4.74 Å². The van der Waals surface area contributed by atoms with E-state index in [1.807, 2.05) is 30.0 Å². The number of aryl methyl sites for hydroxylation is 1. The molecule has 1 unspecified atom stereocenters. The van der Waals surface area contributed by atoms with Gasteiger partial charge in [-0.25, -0.2) is 4.39 Å². The van der Waals surface area contributed by atoms with E-state index in [0.29, 0.717) is 18.3 Å². The lowest BCUT2D eigenvalue weighted by Crippen LogP contribution is -2.44. The van der Waals surface area contributed by atoms with Crippen LogP contribution in [0.5, 0.6) is 5.75 Å². The number of carbonyl (C=O) groups is 1. The maximum absolute atomic E-state index is 14.8. The average Bonchev–Trinajstić information content (AvgIpc) is 3.35. The topological polar surface area (TPSA) is 45.7 Å². The van der Waals surface area contributed by atoms with E-state index in [9.17, 15) is 9.18 Å². The first kappa shape index (κ1) is 20.8. The van der Waals surface area contributed by atoms with Gasteiger partial charge in [0.25, 0.3) is 5.91 Å². The Labute approximate surface area is 177 Å². The van der Waals surface area contributed by atoms with Crippen molar-refractivity contribution in [3.05, 3.63) is 59.2 Å². The molecule has 1 aromatic carbocycles. The minimum absolute atomic E-state index is 0.123. The molecule has 0 aliphatic carbocycles. The van der Waals surface area contributed by atoms with E-state index >= 15 is 0 Å². The summed E-state index contributed by atoms with van der Waals surface area (Å²) in [4.78, 5) is 21.8. The van der Waals surface area contributed by atoms with Gasteiger partial charge in [0, 0.05) is 36.9 Å². The van der Waals surface area contributed by atoms with Crippen LogP contribution in [-0.2, 0) is 6.61 Å². The van der Waals surface area contributed by atoms with E-state index in [-0.39, 0.29) is 24.1 Å². The molecule has 6 heteroatoms. The zero-order valence-electron chi connectivity index (χ0n) is 17.8. The average molecular weight is 412 g/mol. The van der Waals surface area contributed by atoms with Crippen molar-refractivity contribution in [1.82, 2.24) is 14.8 Å². The van der Waals surface area contributed by atoms with E-state index in [0.717, 1.165) is 37.3 Å². The van der Waals surface area contributed by atoms with Gasteiger partial charge in [-0.3, -0.25) is 14.7 Å². The van der Waals surface area contributed by atoms with Crippen LogP contribution in [0.25, 0.3) is 0 Å². The summed E-state index contributed by atoms with van der Waals surface area (Å²) in [7, 11) is 0. The van der Waals surface area contributed by atoms with Crippen LogP contribution in [0.1, 0.15) is 54.4 Å². The highest BCUT2D eigenvalue weighted by Gasteiger charge is 2.33. The molecule has 0 spiro atoms. The molecule has 0 radical (unpaired) electrons. The van der Waals surface area contributed by atoms with Crippen LogP contribution >= 0.6 is 0 Å². The van der Waals surface area contributed by atoms with Crippen molar-refractivity contribution in [1.29, 1.82) is 0 Å². The molecule has 0 N–H and O–H groups in total. The normalized spacial score (nSPS) is 21.9. The Morgan fingerprint density at radius 1 is 1.20 bits per heavy atom. The third-order valence-electron chi connectivity index (χ3n) is 6.28. The predicted octanol–water partition coefficient (Wildman–Crippen LogP) is 4.20. The van der Waals surface area contributed by atoms with Gasteiger partial charge < -0.3 is 9.64 Å². The fraction of sp³-hybridized carbons (Fsp3) is 0.500. The molecule has 2 atom stereocenters. The maximum Gasteiger partial charge on any atom is 0.257 e. The second-order valence-electron chi connectivity index (χ2n) is 8.48. The number of likely N-dealkylation sites (tertiary alicyclic amines) is 2. The number of benzene rings is 1. The van der Waals surface area contributed by atoms with Crippen molar-refractivity contribution in [3.63, 3.8) is 0 Å². The highest BCUT2D eigenvalue weighted by molar-refractivity contribution is 5.95. The summed E-state index contributed by atoms with van der Waals surface area (Å²) < 4.78 is 20.5. The van der Waals surface area contributed by atoms with Gasteiger partial charge in [-0.15, -0.1) is 0 Å². The molecule has 5 nitrogen and oxygen atoms in total. The molecule has 2 saturated heterocycles. The Hall–Kier alpha value is -2.47. The number of hydrogen-bond acceptors (Lipinski definition) is 4. The Morgan fingerprint density at radius 2 is 2.03 bits per heavy atom. The summed E-state index contributed by atoms with van der Waals surface area (Å²) in [6.07, 6.45) is 4.40. The van der Waals surface area contributed by atoms with Crippen LogP contribution in [0.4, 0.5) is 4.39 Å². The van der Waals surface area contributed by atoms with Gasteiger partial charge in [0.15, 0.2) is 0 Å². The third-order valence-corrected chi connectivity index (χ3v) is 6.28. The summed E-state index contributed by atoms with van der Waals surface area (Å²) >= 11 is 0. The first-order valence-corrected chi connectivity index (χ1v) is 10.9. The molecule has 2 aromatic rings. The van der Waals surface area contributed by atoms with Crippen molar-refractivity contribution in [3.8, 4) is 5.75 Å². The molecule has 1 amide bonds. The molecule has 4 rings (SSSR count). The maximum atomic E-state index is 14.8. The molecule has 2 fully saturated rings. The largest absolute Gasteiger partial charge is 0.487 e. The minimum Gasteiger partial charge on any atom is -0.487 e. The molecular weight excluding hydrogens is 381 g/mol. The number of aromatic nitrogens is 1. The van der Waals surface area contributed by atoms with E-state index in [2.05, 4.69) is 16.8 Å². The lowest BCUT2D eigenvalue weighted by molar-refractivity contribution is 0.0692. The summed E-state index contributed by atoms with van der Waals surface area (Å²) in [5, 5.41) is 0. The van der Waals surface area contributed by atoms with Crippen molar-refractivity contribution in [2.24, 2.45) is 0 Å². The lowest BCUT2D eigenvalue weighted by Gasteiger charge is -2.31. The van der Waals surface area contributed by atoms with Gasteiger partial charge in [-0.2, -0.15) is 0 Å². The number of pyridine rings is 1. The number of carbonyl (C=O) groups excluding carboxylic acids is 1. The van der Waals surface area contributed by atoms with E-state index < -0.39 is 5.82 Å². The molecular formula is C24H30FN3O2. The third kappa shape index (κ3) is 4.64. The highest BCUT2D eigenvalue weighted by atomic mass is 19.1. The van der Waals surface area contributed by atoms with E-state index in [1.165, 1.54) is 18.9 Å². The quantitative estimate of drug-likeness (QED) is 0.715. The van der Waals surface area contributed by atoms with Crippen molar-refractivity contribution in [2.45, 2.75) is 58.2 Å². The summed E-state index contributed by atoms with van der Waals surface area (Å²) in [5.74, 6) is -0.347. The number of ether oxygens (including phenoxy) is 1. The van der Waals surface area contributed by atoms with Crippen LogP contribution in [-0.4, -0.2) is 52.4 Å². The van der Waals surface area contributed by atoms with E-state index in [1.54, 1.807) is 12.1 Å². The van der Waals surface area contributed by atoms with Crippen molar-refractivity contribution < 1.29 is 13.9 Å². The Kier molecular flexibility index (Phi) is 6.32. The first-order valence-electron chi connectivity index (χ1n) is 10.9. The second kappa shape index (κ2) is 9.13. The zero-order chi connectivity index (χ0) is 21.1. The van der Waals surface area contributed by atoms with Gasteiger partial charge in [0.2, 0.25) is 0 Å². The van der Waals surface area contributed by atoms with Crippen LogP contribution in [0, 0.1) is 12.7 Å². The van der Waals surface area contributed by atoms with Gasteiger partial charge in [0.05, 0.1) is 11.3 Å². The molecule has 0 saturated carbocycles. The number of nitrogens with zero attached hydrogens (tertiary/aromatic N) is 3. The Bertz CT molecular complexity index is 904. The smallest absolute Gasteiger partial charge is 0.257 e. The second-order valence-corrected chi connectivity index (χ2v) is 8.48. The first-order chi connectivity index (χ1) is 14.5. The van der Waals surface area contributed by atoms with Crippen molar-refractivity contribution >= 4 is 5.91 Å². The predicted molar refractivity (Wildman–Crippen MR) is 114 cm³/mol. The van der Waals surface area contributed by atoms with E-state index in [4.69, 9.17) is 4.74 Å². The molecule has 160 valence electrons. The zero-order valence-corrected chi connectivity index (χ0v) is 17.8. The van der Waals surface area contributed by atoms with Crippen LogP contribution in [0.15, 0.2) is 36.4 Å². The van der Waals surface area contributed by atoms with Crippen LogP contribution in [0.3, 0.4) is 0 Å². The highest BCUT2D eigenvalue weighted by Crippen LogP contribution is 2.26. The SMILES string of the molecule is Cc1cccc(COc2ccc(C(=O)N3CCCC3CN3CCC[C@@H]3C)c(F)c2)n1. The molecule has 0 bridgehead atoms. The fourth-order valence-corrected chi connectivity index (χ4v) is 4.58. The number of amides is 1. The molecule has 2 aliphatic rings. The van der Waals surface area contributed by atoms with Gasteiger partial charge >= 0.3 is 0 Å². The molecule has 1 aromatic heterocycles. The fourth-order valence-electron chi connectivity index (χ4n) is 4.58. The summed E-state index contributed by atoms with van der Waals surface area (Å²) in [6, 6.07) is 11.0. The minimum atomic E-state index is -0.533. The van der Waals surface area contributed by atoms with Gasteiger partial charge in [-0.1, -0.05) is 6.07 Å². The van der Waals surface area contributed by atoms with Gasteiger partial charge in [-0.05, 0) is 70.3 Å². The summed E-state index contributed by atoms with van der Waals surface area (Å²) in [5.41, 5.74) is 1.82. The number of hydrogen-bond donors (Lipinski definition) is 0. The number of halogens is 1. The Morgan fingerprint density at radius 3 is 2.77 bits per heavy atom. The standard InChI is InChI=1S/C24H30FN3O2/c1-17-6-3-8-19(26-17)16-30-21-10-11-22(23(25)14-21)24(29)28-13-5-9-20(28)15-27-12-4-7-18(27)2/h3,6,8,10-11,14,18,20H,4-5,7,9,12-13,15-16H2,1-2H3/t18-,20?/m0/s1. The van der Waals surface area contributed by atoms with Crippen LogP contribution in [0.2, 0.25) is 0 Å². The lowest BCUT2D eigenvalue weighted by atomic mass is 10.1. The summed E-state index contributed by atoms with van der Waals surface area (Å²) in [6.45, 7) is 7.10. The molecule has 3 heterocycles.